The number of carbonyl (C=O) groups is 1. The zero-order valence-electron chi connectivity index (χ0n) is 11.6. The number of rotatable bonds is 4. The van der Waals surface area contributed by atoms with Gasteiger partial charge in [0.1, 0.15) is 5.75 Å². The first kappa shape index (κ1) is 13.3. The molecule has 0 aliphatic carbocycles. The summed E-state index contributed by atoms with van der Waals surface area (Å²) in [6, 6.07) is 14.6. The largest absolute Gasteiger partial charge is 0.484 e. The van der Waals surface area contributed by atoms with Crippen molar-refractivity contribution in [2.24, 2.45) is 0 Å². The molecule has 5 heteroatoms. The van der Waals surface area contributed by atoms with Crippen LogP contribution in [0.4, 0.5) is 5.69 Å². The molecule has 0 atom stereocenters. The fraction of sp³-hybridized carbons (Fsp3) is 0.188. The highest BCUT2D eigenvalue weighted by Gasteiger charge is 2.17. The SMILES string of the molecule is CN(C(=O)COc1ccccc1)c1ccc2c(c1)OCO2. The molecule has 0 saturated heterocycles. The van der Waals surface area contributed by atoms with Crippen LogP contribution in [-0.2, 0) is 4.79 Å². The van der Waals surface area contributed by atoms with Gasteiger partial charge in [-0.1, -0.05) is 18.2 Å². The molecular weight excluding hydrogens is 270 g/mol. The molecule has 5 nitrogen and oxygen atoms in total. The summed E-state index contributed by atoms with van der Waals surface area (Å²) in [5.74, 6) is 1.87. The average Bonchev–Trinajstić information content (AvgIpc) is 3.00. The number of hydrogen-bond donors (Lipinski definition) is 0. The molecule has 2 aromatic carbocycles. The third-order valence-corrected chi connectivity index (χ3v) is 3.22. The first-order valence-electron chi connectivity index (χ1n) is 6.58. The van der Waals surface area contributed by atoms with Gasteiger partial charge in [0.2, 0.25) is 6.79 Å². The van der Waals surface area contributed by atoms with Crippen LogP contribution >= 0.6 is 0 Å². The van der Waals surface area contributed by atoms with Gasteiger partial charge in [-0.05, 0) is 24.3 Å². The standard InChI is InChI=1S/C16H15NO4/c1-17(12-7-8-14-15(9-12)21-11-20-14)16(18)10-19-13-5-3-2-4-6-13/h2-9H,10-11H2,1H3. The Morgan fingerprint density at radius 2 is 1.90 bits per heavy atom. The zero-order valence-corrected chi connectivity index (χ0v) is 11.6. The van der Waals surface area contributed by atoms with Gasteiger partial charge in [0.05, 0.1) is 0 Å². The number of anilines is 1. The summed E-state index contributed by atoms with van der Waals surface area (Å²) in [5, 5.41) is 0. The normalized spacial score (nSPS) is 12.0. The summed E-state index contributed by atoms with van der Waals surface area (Å²) < 4.78 is 16.0. The highest BCUT2D eigenvalue weighted by atomic mass is 16.7. The molecule has 0 unspecified atom stereocenters. The molecule has 1 heterocycles. The Labute approximate surface area is 122 Å². The van der Waals surface area contributed by atoms with Crippen molar-refractivity contribution in [3.63, 3.8) is 0 Å². The van der Waals surface area contributed by atoms with Crippen molar-refractivity contribution < 1.29 is 19.0 Å². The number of likely N-dealkylation sites (N-methyl/N-ethyl adjacent to an activating group) is 1. The molecule has 0 bridgehead atoms. The quantitative estimate of drug-likeness (QED) is 0.865. The van der Waals surface area contributed by atoms with Crippen molar-refractivity contribution in [2.75, 3.05) is 25.3 Å². The Balaban J connectivity index is 1.64. The Morgan fingerprint density at radius 1 is 1.14 bits per heavy atom. The Bertz CT molecular complexity index is 642. The van der Waals surface area contributed by atoms with Gasteiger partial charge in [0.15, 0.2) is 18.1 Å². The van der Waals surface area contributed by atoms with Crippen LogP contribution in [0.15, 0.2) is 48.5 Å². The molecule has 0 aromatic heterocycles. The van der Waals surface area contributed by atoms with Crippen LogP contribution in [0.2, 0.25) is 0 Å². The van der Waals surface area contributed by atoms with Gasteiger partial charge in [-0.2, -0.15) is 0 Å². The van der Waals surface area contributed by atoms with Crippen LogP contribution in [0.5, 0.6) is 17.2 Å². The van der Waals surface area contributed by atoms with E-state index in [2.05, 4.69) is 0 Å². The highest BCUT2D eigenvalue weighted by molar-refractivity contribution is 5.94. The van der Waals surface area contributed by atoms with Crippen molar-refractivity contribution in [3.05, 3.63) is 48.5 Å². The lowest BCUT2D eigenvalue weighted by Crippen LogP contribution is -2.31. The van der Waals surface area contributed by atoms with E-state index in [9.17, 15) is 4.79 Å². The Kier molecular flexibility index (Phi) is 3.64. The van der Waals surface area contributed by atoms with Gasteiger partial charge < -0.3 is 19.1 Å². The van der Waals surface area contributed by atoms with Gasteiger partial charge in [-0.15, -0.1) is 0 Å². The molecule has 108 valence electrons. The number of nitrogens with zero attached hydrogens (tertiary/aromatic N) is 1. The summed E-state index contributed by atoms with van der Waals surface area (Å²) in [6.07, 6.45) is 0. The molecule has 1 aliphatic rings. The number of carbonyl (C=O) groups excluding carboxylic acids is 1. The lowest BCUT2D eigenvalue weighted by atomic mass is 10.2. The van der Waals surface area contributed by atoms with E-state index in [1.807, 2.05) is 36.4 Å². The molecule has 0 radical (unpaired) electrons. The topological polar surface area (TPSA) is 48.0 Å². The van der Waals surface area contributed by atoms with Gasteiger partial charge >= 0.3 is 0 Å². The van der Waals surface area contributed by atoms with Crippen molar-refractivity contribution in [1.29, 1.82) is 0 Å². The van der Waals surface area contributed by atoms with Crippen molar-refractivity contribution in [1.82, 2.24) is 0 Å². The summed E-state index contributed by atoms with van der Waals surface area (Å²) in [6.45, 7) is 0.197. The fourth-order valence-corrected chi connectivity index (χ4v) is 2.00. The molecule has 1 aliphatic heterocycles. The van der Waals surface area contributed by atoms with E-state index >= 15 is 0 Å². The second-order valence-electron chi connectivity index (χ2n) is 4.59. The predicted octanol–water partition coefficient (Wildman–Crippen LogP) is 2.46. The number of ether oxygens (including phenoxy) is 3. The molecule has 21 heavy (non-hydrogen) atoms. The number of fused-ring (bicyclic) bond motifs is 1. The molecule has 3 rings (SSSR count). The van der Waals surface area contributed by atoms with E-state index in [0.717, 1.165) is 5.69 Å². The maximum absolute atomic E-state index is 12.1. The lowest BCUT2D eigenvalue weighted by Gasteiger charge is -2.18. The second-order valence-corrected chi connectivity index (χ2v) is 4.59. The molecule has 0 fully saturated rings. The summed E-state index contributed by atoms with van der Waals surface area (Å²) in [4.78, 5) is 13.7. The van der Waals surface area contributed by atoms with Crippen molar-refractivity contribution in [3.8, 4) is 17.2 Å². The van der Waals surface area contributed by atoms with E-state index in [4.69, 9.17) is 14.2 Å². The molecule has 2 aromatic rings. The second kappa shape index (κ2) is 5.75. The predicted molar refractivity (Wildman–Crippen MR) is 77.9 cm³/mol. The maximum Gasteiger partial charge on any atom is 0.264 e. The maximum atomic E-state index is 12.1. The fourth-order valence-electron chi connectivity index (χ4n) is 2.00. The lowest BCUT2D eigenvalue weighted by molar-refractivity contribution is -0.120. The molecule has 0 N–H and O–H groups in total. The monoisotopic (exact) mass is 285 g/mol. The summed E-state index contributed by atoms with van der Waals surface area (Å²) in [7, 11) is 1.70. The van der Waals surface area contributed by atoms with Crippen LogP contribution in [-0.4, -0.2) is 26.4 Å². The van der Waals surface area contributed by atoms with Gasteiger partial charge in [-0.3, -0.25) is 4.79 Å². The van der Waals surface area contributed by atoms with E-state index in [0.29, 0.717) is 17.2 Å². The molecule has 1 amide bonds. The van der Waals surface area contributed by atoms with Gasteiger partial charge in [0, 0.05) is 18.8 Å². The number of hydrogen-bond acceptors (Lipinski definition) is 4. The van der Waals surface area contributed by atoms with E-state index in [-0.39, 0.29) is 19.3 Å². The van der Waals surface area contributed by atoms with Crippen LogP contribution in [0, 0.1) is 0 Å². The highest BCUT2D eigenvalue weighted by Crippen LogP contribution is 2.35. The van der Waals surface area contributed by atoms with Crippen LogP contribution in [0.1, 0.15) is 0 Å². The van der Waals surface area contributed by atoms with E-state index in [1.54, 1.807) is 19.2 Å². The molecule has 0 spiro atoms. The smallest absolute Gasteiger partial charge is 0.264 e. The number of benzene rings is 2. The van der Waals surface area contributed by atoms with Crippen LogP contribution < -0.4 is 19.1 Å². The number of amides is 1. The minimum Gasteiger partial charge on any atom is -0.484 e. The Morgan fingerprint density at radius 3 is 2.71 bits per heavy atom. The van der Waals surface area contributed by atoms with E-state index < -0.39 is 0 Å². The Hall–Kier alpha value is -2.69. The molecular formula is C16H15NO4. The first-order chi connectivity index (χ1) is 10.2. The van der Waals surface area contributed by atoms with Gasteiger partial charge in [0.25, 0.3) is 5.91 Å². The van der Waals surface area contributed by atoms with Crippen LogP contribution in [0.3, 0.4) is 0 Å². The van der Waals surface area contributed by atoms with Crippen molar-refractivity contribution in [2.45, 2.75) is 0 Å². The minimum atomic E-state index is -0.141. The molecule has 0 saturated carbocycles. The van der Waals surface area contributed by atoms with Gasteiger partial charge in [-0.25, -0.2) is 0 Å². The van der Waals surface area contributed by atoms with E-state index in [1.165, 1.54) is 4.90 Å². The summed E-state index contributed by atoms with van der Waals surface area (Å²) in [5.41, 5.74) is 0.737. The third kappa shape index (κ3) is 2.91. The third-order valence-electron chi connectivity index (χ3n) is 3.22. The van der Waals surface area contributed by atoms with Crippen LogP contribution in [0.25, 0.3) is 0 Å². The first-order valence-corrected chi connectivity index (χ1v) is 6.58. The zero-order chi connectivity index (χ0) is 14.7. The van der Waals surface area contributed by atoms with Crippen molar-refractivity contribution >= 4 is 11.6 Å². The summed E-state index contributed by atoms with van der Waals surface area (Å²) >= 11 is 0. The minimum absolute atomic E-state index is 0.0189. The average molecular weight is 285 g/mol. The number of para-hydroxylation sites is 1.